The van der Waals surface area contributed by atoms with E-state index in [1.165, 1.54) is 49.7 Å². The molecule has 3 rings (SSSR count). The minimum atomic E-state index is 0. The molecule has 0 bridgehead atoms. The number of fused-ring (bicyclic) bond motifs is 3. The summed E-state index contributed by atoms with van der Waals surface area (Å²) in [5, 5.41) is 0. The SMILES string of the molecule is C.C.C.CCCCC1(CCCC)c2ccccc2-c2ccccc21. The summed E-state index contributed by atoms with van der Waals surface area (Å²) >= 11 is 0. The van der Waals surface area contributed by atoms with Gasteiger partial charge in [-0.15, -0.1) is 0 Å². The van der Waals surface area contributed by atoms with Crippen LogP contribution in [0.15, 0.2) is 48.5 Å². The van der Waals surface area contributed by atoms with Crippen LogP contribution in [0.4, 0.5) is 0 Å². The summed E-state index contributed by atoms with van der Waals surface area (Å²) in [6, 6.07) is 18.2. The van der Waals surface area contributed by atoms with Crippen molar-refractivity contribution in [1.29, 1.82) is 0 Å². The summed E-state index contributed by atoms with van der Waals surface area (Å²) in [6.45, 7) is 4.61. The van der Waals surface area contributed by atoms with E-state index in [0.717, 1.165) is 0 Å². The lowest BCUT2D eigenvalue weighted by Gasteiger charge is -2.32. The van der Waals surface area contributed by atoms with Gasteiger partial charge in [-0.05, 0) is 35.1 Å². The number of rotatable bonds is 6. The Morgan fingerprint density at radius 3 is 1.38 bits per heavy atom. The van der Waals surface area contributed by atoms with Crippen LogP contribution in [-0.4, -0.2) is 0 Å². The molecule has 0 fully saturated rings. The summed E-state index contributed by atoms with van der Waals surface area (Å²) in [7, 11) is 0. The molecule has 0 unspecified atom stereocenters. The highest BCUT2D eigenvalue weighted by Gasteiger charge is 2.41. The van der Waals surface area contributed by atoms with Crippen LogP contribution in [-0.2, 0) is 5.41 Å². The highest BCUT2D eigenvalue weighted by atomic mass is 14.4. The van der Waals surface area contributed by atoms with E-state index in [-0.39, 0.29) is 27.7 Å². The average molecular weight is 327 g/mol. The molecule has 24 heavy (non-hydrogen) atoms. The van der Waals surface area contributed by atoms with E-state index >= 15 is 0 Å². The van der Waals surface area contributed by atoms with Crippen molar-refractivity contribution >= 4 is 0 Å². The number of hydrogen-bond acceptors (Lipinski definition) is 0. The molecule has 1 aliphatic rings. The summed E-state index contributed by atoms with van der Waals surface area (Å²) < 4.78 is 0. The van der Waals surface area contributed by atoms with Gasteiger partial charge in [-0.2, -0.15) is 0 Å². The first kappa shape index (κ1) is 22.4. The zero-order chi connectivity index (χ0) is 14.7. The van der Waals surface area contributed by atoms with Crippen molar-refractivity contribution in [3.8, 4) is 11.1 Å². The van der Waals surface area contributed by atoms with E-state index in [2.05, 4.69) is 62.4 Å². The molecule has 1 aliphatic carbocycles. The normalized spacial score (nSPS) is 12.9. The third-order valence-corrected chi connectivity index (χ3v) is 5.09. The zero-order valence-corrected chi connectivity index (χ0v) is 13.4. The lowest BCUT2D eigenvalue weighted by molar-refractivity contribution is 0.414. The van der Waals surface area contributed by atoms with Gasteiger partial charge in [0.15, 0.2) is 0 Å². The molecule has 0 saturated heterocycles. The van der Waals surface area contributed by atoms with E-state index in [0.29, 0.717) is 0 Å². The Morgan fingerprint density at radius 1 is 0.625 bits per heavy atom. The van der Waals surface area contributed by atoms with Gasteiger partial charge >= 0.3 is 0 Å². The predicted molar refractivity (Wildman–Crippen MR) is 112 cm³/mol. The van der Waals surface area contributed by atoms with Gasteiger partial charge in [0.25, 0.3) is 0 Å². The van der Waals surface area contributed by atoms with Gasteiger partial charge in [-0.3, -0.25) is 0 Å². The molecule has 2 aromatic carbocycles. The van der Waals surface area contributed by atoms with Gasteiger partial charge in [0, 0.05) is 5.41 Å². The molecule has 0 radical (unpaired) electrons. The highest BCUT2D eigenvalue weighted by molar-refractivity contribution is 5.80. The van der Waals surface area contributed by atoms with Gasteiger partial charge in [-0.25, -0.2) is 0 Å². The molecule has 0 atom stereocenters. The topological polar surface area (TPSA) is 0 Å². The second-order valence-electron chi connectivity index (χ2n) is 6.38. The van der Waals surface area contributed by atoms with E-state index in [1.807, 2.05) is 0 Å². The summed E-state index contributed by atoms with van der Waals surface area (Å²) in [5.74, 6) is 0. The number of unbranched alkanes of at least 4 members (excludes halogenated alkanes) is 2. The number of benzene rings is 2. The van der Waals surface area contributed by atoms with Crippen molar-refractivity contribution in [3.63, 3.8) is 0 Å². The Hall–Kier alpha value is -1.56. The molecule has 0 saturated carbocycles. The Kier molecular flexibility index (Phi) is 9.04. The van der Waals surface area contributed by atoms with Crippen molar-refractivity contribution in [2.45, 2.75) is 80.1 Å². The molecule has 134 valence electrons. The van der Waals surface area contributed by atoms with E-state index in [9.17, 15) is 0 Å². The minimum Gasteiger partial charge on any atom is -0.0776 e. The van der Waals surface area contributed by atoms with Gasteiger partial charge in [0.1, 0.15) is 0 Å². The molecular formula is C24H38. The largest absolute Gasteiger partial charge is 0.0776 e. The van der Waals surface area contributed by atoms with Crippen molar-refractivity contribution in [2.24, 2.45) is 0 Å². The highest BCUT2D eigenvalue weighted by Crippen LogP contribution is 2.53. The molecular weight excluding hydrogens is 288 g/mol. The van der Waals surface area contributed by atoms with Crippen LogP contribution in [0.5, 0.6) is 0 Å². The summed E-state index contributed by atoms with van der Waals surface area (Å²) in [4.78, 5) is 0. The van der Waals surface area contributed by atoms with Gasteiger partial charge < -0.3 is 0 Å². The third kappa shape index (κ3) is 3.58. The third-order valence-electron chi connectivity index (χ3n) is 5.09. The second-order valence-corrected chi connectivity index (χ2v) is 6.38. The summed E-state index contributed by atoms with van der Waals surface area (Å²) in [5.41, 5.74) is 6.36. The monoisotopic (exact) mass is 326 g/mol. The van der Waals surface area contributed by atoms with Crippen LogP contribution >= 0.6 is 0 Å². The van der Waals surface area contributed by atoms with Gasteiger partial charge in [0.2, 0.25) is 0 Å². The second kappa shape index (κ2) is 9.67. The quantitative estimate of drug-likeness (QED) is 0.501. The smallest absolute Gasteiger partial charge is 0.0215 e. The van der Waals surface area contributed by atoms with Crippen LogP contribution in [0.1, 0.15) is 85.8 Å². The molecule has 0 N–H and O–H groups in total. The Bertz CT molecular complexity index is 553. The lowest BCUT2D eigenvalue weighted by Crippen LogP contribution is -2.25. The Balaban J connectivity index is 0.00000176. The van der Waals surface area contributed by atoms with Crippen LogP contribution in [0.25, 0.3) is 11.1 Å². The Morgan fingerprint density at radius 2 is 1.00 bits per heavy atom. The van der Waals surface area contributed by atoms with Crippen molar-refractivity contribution in [2.75, 3.05) is 0 Å². The molecule has 0 spiro atoms. The maximum Gasteiger partial charge on any atom is 0.0215 e. The first-order valence-electron chi connectivity index (χ1n) is 8.53. The fraction of sp³-hybridized carbons (Fsp3) is 0.500. The van der Waals surface area contributed by atoms with Crippen LogP contribution in [0, 0.1) is 0 Å². The van der Waals surface area contributed by atoms with Crippen molar-refractivity contribution in [3.05, 3.63) is 59.7 Å². The summed E-state index contributed by atoms with van der Waals surface area (Å²) in [6.07, 6.45) is 7.75. The van der Waals surface area contributed by atoms with Crippen molar-refractivity contribution < 1.29 is 0 Å². The maximum absolute atomic E-state index is 2.38. The molecule has 0 aliphatic heterocycles. The molecule has 2 aromatic rings. The molecule has 0 heterocycles. The fourth-order valence-corrected chi connectivity index (χ4v) is 4.04. The fourth-order valence-electron chi connectivity index (χ4n) is 4.04. The van der Waals surface area contributed by atoms with Gasteiger partial charge in [-0.1, -0.05) is 110 Å². The van der Waals surface area contributed by atoms with E-state index in [4.69, 9.17) is 0 Å². The molecule has 0 heteroatoms. The van der Waals surface area contributed by atoms with E-state index < -0.39 is 0 Å². The molecule has 0 amide bonds. The number of hydrogen-bond donors (Lipinski definition) is 0. The predicted octanol–water partition coefficient (Wildman–Crippen LogP) is 8.24. The first-order valence-corrected chi connectivity index (χ1v) is 8.53. The average Bonchev–Trinajstić information content (AvgIpc) is 2.82. The van der Waals surface area contributed by atoms with E-state index in [1.54, 1.807) is 11.1 Å². The van der Waals surface area contributed by atoms with Crippen LogP contribution in [0.2, 0.25) is 0 Å². The van der Waals surface area contributed by atoms with Crippen molar-refractivity contribution in [1.82, 2.24) is 0 Å². The maximum atomic E-state index is 2.38. The first-order chi connectivity index (χ1) is 10.3. The van der Waals surface area contributed by atoms with Crippen LogP contribution in [0.3, 0.4) is 0 Å². The van der Waals surface area contributed by atoms with Gasteiger partial charge in [0.05, 0.1) is 0 Å². The lowest BCUT2D eigenvalue weighted by atomic mass is 9.71. The zero-order valence-electron chi connectivity index (χ0n) is 13.4. The molecule has 0 nitrogen and oxygen atoms in total. The van der Waals surface area contributed by atoms with Crippen LogP contribution < -0.4 is 0 Å². The molecule has 0 aromatic heterocycles. The standard InChI is InChI=1S/C21H26.3CH4/c1-3-5-15-21(16-6-4-2)19-13-9-7-11-17(19)18-12-8-10-14-20(18)21;;;/h7-14H,3-6,15-16H2,1-2H3;3*1H4. The Labute approximate surface area is 151 Å². The minimum absolute atomic E-state index is 0.